The highest BCUT2D eigenvalue weighted by atomic mass is 19.1. The molecule has 1 N–H and O–H groups in total. The fourth-order valence-electron chi connectivity index (χ4n) is 3.04. The van der Waals surface area contributed by atoms with E-state index in [9.17, 15) is 14.0 Å². The second kappa shape index (κ2) is 6.43. The molecule has 1 amide bonds. The first-order valence-corrected chi connectivity index (χ1v) is 7.82. The maximum absolute atomic E-state index is 13.9. The minimum atomic E-state index is -1.27. The number of hydrogen-bond acceptors (Lipinski definition) is 2. The standard InChI is InChI=1S/C19H18FNO3/c1-12-4-2-3-5-13(12)10-18(22)21-7-6-14-8-16(19(23)24)17(20)9-15(14)11-21/h2-5,8-9H,6-7,10-11H2,1H3,(H,23,24). The molecule has 0 fully saturated rings. The van der Waals surface area contributed by atoms with Crippen molar-refractivity contribution in [3.8, 4) is 0 Å². The van der Waals surface area contributed by atoms with Crippen LogP contribution in [0.25, 0.3) is 0 Å². The molecule has 24 heavy (non-hydrogen) atoms. The zero-order valence-electron chi connectivity index (χ0n) is 13.4. The first-order valence-electron chi connectivity index (χ1n) is 7.82. The van der Waals surface area contributed by atoms with Crippen LogP contribution in [0.2, 0.25) is 0 Å². The second-order valence-corrected chi connectivity index (χ2v) is 6.07. The lowest BCUT2D eigenvalue weighted by atomic mass is 9.96. The lowest BCUT2D eigenvalue weighted by Crippen LogP contribution is -2.37. The third-order valence-corrected chi connectivity index (χ3v) is 4.49. The van der Waals surface area contributed by atoms with Gasteiger partial charge in [0.1, 0.15) is 5.82 Å². The molecular formula is C19H18FNO3. The lowest BCUT2D eigenvalue weighted by Gasteiger charge is -2.29. The molecule has 0 aliphatic carbocycles. The number of nitrogens with zero attached hydrogens (tertiary/aromatic N) is 1. The number of fused-ring (bicyclic) bond motifs is 1. The first kappa shape index (κ1) is 16.2. The zero-order valence-corrected chi connectivity index (χ0v) is 13.4. The predicted octanol–water partition coefficient (Wildman–Crippen LogP) is 2.96. The van der Waals surface area contributed by atoms with Gasteiger partial charge in [0.15, 0.2) is 0 Å². The largest absolute Gasteiger partial charge is 0.478 e. The summed E-state index contributed by atoms with van der Waals surface area (Å²) in [6.07, 6.45) is 0.854. The third-order valence-electron chi connectivity index (χ3n) is 4.49. The average molecular weight is 327 g/mol. The topological polar surface area (TPSA) is 57.6 Å². The van der Waals surface area contributed by atoms with Crippen LogP contribution in [0.1, 0.15) is 32.6 Å². The van der Waals surface area contributed by atoms with E-state index in [-0.39, 0.29) is 11.5 Å². The molecule has 0 saturated heterocycles. The van der Waals surface area contributed by atoms with Crippen LogP contribution in [-0.2, 0) is 24.2 Å². The average Bonchev–Trinajstić information content (AvgIpc) is 2.55. The van der Waals surface area contributed by atoms with Gasteiger partial charge in [-0.2, -0.15) is 0 Å². The third kappa shape index (κ3) is 3.15. The molecule has 0 bridgehead atoms. The number of halogens is 1. The number of carbonyl (C=O) groups is 2. The summed E-state index contributed by atoms with van der Waals surface area (Å²) in [6.45, 7) is 2.80. The molecule has 2 aromatic rings. The van der Waals surface area contributed by atoms with Crippen LogP contribution in [-0.4, -0.2) is 28.4 Å². The van der Waals surface area contributed by atoms with Crippen molar-refractivity contribution in [1.82, 2.24) is 4.90 Å². The van der Waals surface area contributed by atoms with Gasteiger partial charge in [-0.1, -0.05) is 24.3 Å². The number of hydrogen-bond donors (Lipinski definition) is 1. The molecule has 3 rings (SSSR count). The monoisotopic (exact) mass is 327 g/mol. The Morgan fingerprint density at radius 2 is 1.96 bits per heavy atom. The minimum absolute atomic E-state index is 0.00216. The highest BCUT2D eigenvalue weighted by molar-refractivity contribution is 5.88. The van der Waals surface area contributed by atoms with Crippen LogP contribution in [0.4, 0.5) is 4.39 Å². The van der Waals surface area contributed by atoms with E-state index in [4.69, 9.17) is 5.11 Å². The molecule has 5 heteroatoms. The van der Waals surface area contributed by atoms with Gasteiger partial charge in [-0.15, -0.1) is 0 Å². The summed E-state index contributed by atoms with van der Waals surface area (Å²) < 4.78 is 13.9. The van der Waals surface area contributed by atoms with Crippen molar-refractivity contribution in [1.29, 1.82) is 0 Å². The molecule has 4 nitrogen and oxygen atoms in total. The van der Waals surface area contributed by atoms with E-state index in [0.29, 0.717) is 31.5 Å². The summed E-state index contributed by atoms with van der Waals surface area (Å²) >= 11 is 0. The van der Waals surface area contributed by atoms with Crippen molar-refractivity contribution in [2.24, 2.45) is 0 Å². The van der Waals surface area contributed by atoms with Crippen LogP contribution in [0.3, 0.4) is 0 Å². The summed E-state index contributed by atoms with van der Waals surface area (Å²) in [6, 6.07) is 10.4. The van der Waals surface area contributed by atoms with E-state index in [0.717, 1.165) is 16.7 Å². The molecule has 0 atom stereocenters. The molecule has 0 unspecified atom stereocenters. The maximum Gasteiger partial charge on any atom is 0.338 e. The van der Waals surface area contributed by atoms with Gasteiger partial charge < -0.3 is 10.0 Å². The lowest BCUT2D eigenvalue weighted by molar-refractivity contribution is -0.131. The van der Waals surface area contributed by atoms with E-state index in [2.05, 4.69) is 0 Å². The summed E-state index contributed by atoms with van der Waals surface area (Å²) in [5, 5.41) is 8.99. The quantitative estimate of drug-likeness (QED) is 0.943. The second-order valence-electron chi connectivity index (χ2n) is 6.07. The van der Waals surface area contributed by atoms with Gasteiger partial charge in [0.2, 0.25) is 5.91 Å². The molecular weight excluding hydrogens is 309 g/mol. The number of benzene rings is 2. The number of carbonyl (C=O) groups excluding carboxylic acids is 1. The Morgan fingerprint density at radius 3 is 2.67 bits per heavy atom. The Kier molecular flexibility index (Phi) is 4.34. The molecule has 0 spiro atoms. The first-order chi connectivity index (χ1) is 11.5. The van der Waals surface area contributed by atoms with Crippen LogP contribution >= 0.6 is 0 Å². The number of rotatable bonds is 3. The predicted molar refractivity (Wildman–Crippen MR) is 87.4 cm³/mol. The Labute approximate surface area is 139 Å². The summed E-state index contributed by atoms with van der Waals surface area (Å²) in [5.74, 6) is -2.03. The van der Waals surface area contributed by atoms with E-state index in [1.165, 1.54) is 12.1 Å². The van der Waals surface area contributed by atoms with E-state index >= 15 is 0 Å². The van der Waals surface area contributed by atoms with E-state index in [1.54, 1.807) is 4.90 Å². The van der Waals surface area contributed by atoms with Gasteiger partial charge in [0, 0.05) is 13.1 Å². The SMILES string of the molecule is Cc1ccccc1CC(=O)N1CCc2cc(C(=O)O)c(F)cc2C1. The van der Waals surface area contributed by atoms with Crippen molar-refractivity contribution < 1.29 is 19.1 Å². The molecule has 1 aliphatic heterocycles. The van der Waals surface area contributed by atoms with Gasteiger partial charge in [0.25, 0.3) is 0 Å². The van der Waals surface area contributed by atoms with Crippen LogP contribution in [0, 0.1) is 12.7 Å². The molecule has 1 heterocycles. The number of aryl methyl sites for hydroxylation is 1. The Bertz CT molecular complexity index is 816. The maximum atomic E-state index is 13.9. The summed E-state index contributed by atoms with van der Waals surface area (Å²) in [5.41, 5.74) is 3.23. The molecule has 0 aromatic heterocycles. The van der Waals surface area contributed by atoms with E-state index < -0.39 is 11.8 Å². The number of carboxylic acids is 1. The van der Waals surface area contributed by atoms with Gasteiger partial charge in [-0.05, 0) is 47.7 Å². The highest BCUT2D eigenvalue weighted by Gasteiger charge is 2.24. The van der Waals surface area contributed by atoms with Crippen molar-refractivity contribution >= 4 is 11.9 Å². The van der Waals surface area contributed by atoms with Crippen molar-refractivity contribution in [2.75, 3.05) is 6.54 Å². The van der Waals surface area contributed by atoms with Gasteiger partial charge >= 0.3 is 5.97 Å². The fraction of sp³-hybridized carbons (Fsp3) is 0.263. The van der Waals surface area contributed by atoms with Crippen molar-refractivity contribution in [3.05, 3.63) is 70.0 Å². The van der Waals surface area contributed by atoms with Crippen molar-refractivity contribution in [2.45, 2.75) is 26.3 Å². The minimum Gasteiger partial charge on any atom is -0.478 e. The molecule has 0 radical (unpaired) electrons. The number of aromatic carboxylic acids is 1. The Hall–Kier alpha value is -2.69. The van der Waals surface area contributed by atoms with Gasteiger partial charge in [-0.25, -0.2) is 9.18 Å². The van der Waals surface area contributed by atoms with E-state index in [1.807, 2.05) is 31.2 Å². The number of amides is 1. The fourth-order valence-corrected chi connectivity index (χ4v) is 3.04. The summed E-state index contributed by atoms with van der Waals surface area (Å²) in [4.78, 5) is 25.2. The van der Waals surface area contributed by atoms with Crippen molar-refractivity contribution in [3.63, 3.8) is 0 Å². The zero-order chi connectivity index (χ0) is 17.3. The summed E-state index contributed by atoms with van der Waals surface area (Å²) in [7, 11) is 0. The smallest absolute Gasteiger partial charge is 0.338 e. The highest BCUT2D eigenvalue weighted by Crippen LogP contribution is 2.23. The van der Waals surface area contributed by atoms with Gasteiger partial charge in [0.05, 0.1) is 12.0 Å². The number of carboxylic acid groups (broad SMARTS) is 1. The van der Waals surface area contributed by atoms with Crippen LogP contribution in [0.15, 0.2) is 36.4 Å². The van der Waals surface area contributed by atoms with Crippen LogP contribution in [0.5, 0.6) is 0 Å². The van der Waals surface area contributed by atoms with Gasteiger partial charge in [-0.3, -0.25) is 4.79 Å². The Morgan fingerprint density at radius 1 is 1.21 bits per heavy atom. The normalized spacial score (nSPS) is 13.5. The molecule has 124 valence electrons. The molecule has 0 saturated carbocycles. The molecule has 2 aromatic carbocycles. The Balaban J connectivity index is 1.77. The van der Waals surface area contributed by atoms with Crippen LogP contribution < -0.4 is 0 Å². The molecule has 1 aliphatic rings.